The van der Waals surface area contributed by atoms with Crippen LogP contribution in [0.1, 0.15) is 55.3 Å². The number of imidazole rings is 1. The van der Waals surface area contributed by atoms with Crippen LogP contribution in [0.2, 0.25) is 0 Å². The van der Waals surface area contributed by atoms with Crippen LogP contribution in [-0.4, -0.2) is 22.6 Å². The second-order valence-corrected chi connectivity index (χ2v) is 6.37. The minimum atomic E-state index is 0.595. The van der Waals surface area contributed by atoms with Crippen molar-refractivity contribution < 1.29 is 0 Å². The van der Waals surface area contributed by atoms with E-state index < -0.39 is 0 Å². The van der Waals surface area contributed by atoms with E-state index in [1.54, 1.807) is 0 Å². The lowest BCUT2D eigenvalue weighted by atomic mass is 9.95. The van der Waals surface area contributed by atoms with Gasteiger partial charge < -0.3 is 9.88 Å². The summed E-state index contributed by atoms with van der Waals surface area (Å²) in [5.74, 6) is 1.25. The second-order valence-electron chi connectivity index (χ2n) is 6.37. The Balaban J connectivity index is 1.74. The van der Waals surface area contributed by atoms with E-state index in [1.165, 1.54) is 29.7 Å². The third-order valence-corrected chi connectivity index (χ3v) is 4.50. The molecule has 0 atom stereocenters. The highest BCUT2D eigenvalue weighted by molar-refractivity contribution is 5.25. The highest BCUT2D eigenvalue weighted by atomic mass is 15.0. The molecule has 1 aliphatic heterocycles. The van der Waals surface area contributed by atoms with Crippen LogP contribution in [0.3, 0.4) is 0 Å². The van der Waals surface area contributed by atoms with Crippen molar-refractivity contribution in [1.29, 1.82) is 0 Å². The topological polar surface area (TPSA) is 29.9 Å². The van der Waals surface area contributed by atoms with E-state index in [9.17, 15) is 0 Å². The van der Waals surface area contributed by atoms with Crippen LogP contribution in [0, 0.1) is 0 Å². The predicted octanol–water partition coefficient (Wildman–Crippen LogP) is 3.52. The molecule has 1 saturated heterocycles. The van der Waals surface area contributed by atoms with Crippen molar-refractivity contribution >= 4 is 0 Å². The molecule has 112 valence electrons. The van der Waals surface area contributed by atoms with Crippen molar-refractivity contribution in [3.63, 3.8) is 0 Å². The lowest BCUT2D eigenvalue weighted by molar-refractivity contribution is 0.442. The number of nitrogens with one attached hydrogen (secondary N) is 1. The van der Waals surface area contributed by atoms with Crippen LogP contribution < -0.4 is 5.32 Å². The average molecular weight is 283 g/mol. The molecule has 3 rings (SSSR count). The SMILES string of the molecule is CC(C)c1ccc(Cn2cncc2C2CCNCC2)cc1. The molecular formula is C18H25N3. The minimum absolute atomic E-state index is 0.595. The molecule has 21 heavy (non-hydrogen) atoms. The van der Waals surface area contributed by atoms with Crippen LogP contribution in [0.4, 0.5) is 0 Å². The summed E-state index contributed by atoms with van der Waals surface area (Å²) in [4.78, 5) is 4.38. The average Bonchev–Trinajstić information content (AvgIpc) is 2.97. The zero-order valence-electron chi connectivity index (χ0n) is 13.0. The first-order valence-corrected chi connectivity index (χ1v) is 8.03. The highest BCUT2D eigenvalue weighted by Gasteiger charge is 2.18. The molecular weight excluding hydrogens is 258 g/mol. The van der Waals surface area contributed by atoms with Crippen molar-refractivity contribution in [2.45, 2.75) is 45.1 Å². The van der Waals surface area contributed by atoms with Crippen LogP contribution in [0.5, 0.6) is 0 Å². The molecule has 3 heteroatoms. The molecule has 0 unspecified atom stereocenters. The molecule has 1 fully saturated rings. The van der Waals surface area contributed by atoms with Crippen LogP contribution in [0.15, 0.2) is 36.8 Å². The number of hydrogen-bond acceptors (Lipinski definition) is 2. The smallest absolute Gasteiger partial charge is 0.0951 e. The molecule has 1 aromatic heterocycles. The Morgan fingerprint density at radius 1 is 1.19 bits per heavy atom. The molecule has 0 radical (unpaired) electrons. The van der Waals surface area contributed by atoms with Gasteiger partial charge in [-0.25, -0.2) is 4.98 Å². The number of benzene rings is 1. The van der Waals surface area contributed by atoms with Gasteiger partial charge in [0, 0.05) is 24.4 Å². The van der Waals surface area contributed by atoms with Gasteiger partial charge in [0.15, 0.2) is 0 Å². The van der Waals surface area contributed by atoms with Crippen molar-refractivity contribution in [2.24, 2.45) is 0 Å². The number of piperidine rings is 1. The summed E-state index contributed by atoms with van der Waals surface area (Å²) in [6.07, 6.45) is 6.47. The van der Waals surface area contributed by atoms with Crippen LogP contribution in [-0.2, 0) is 6.54 Å². The number of aromatic nitrogens is 2. The molecule has 0 aliphatic carbocycles. The lowest BCUT2D eigenvalue weighted by Gasteiger charge is -2.23. The summed E-state index contributed by atoms with van der Waals surface area (Å²) in [5, 5.41) is 3.43. The first kappa shape index (κ1) is 14.3. The fraction of sp³-hybridized carbons (Fsp3) is 0.500. The van der Waals surface area contributed by atoms with Gasteiger partial charge in [-0.15, -0.1) is 0 Å². The Bertz CT molecular complexity index is 562. The van der Waals surface area contributed by atoms with E-state index in [0.717, 1.165) is 19.6 Å². The van der Waals surface area contributed by atoms with Crippen molar-refractivity contribution in [3.8, 4) is 0 Å². The molecule has 1 aliphatic rings. The zero-order valence-corrected chi connectivity index (χ0v) is 13.0. The number of rotatable bonds is 4. The molecule has 0 amide bonds. The summed E-state index contributed by atoms with van der Waals surface area (Å²) in [7, 11) is 0. The van der Waals surface area contributed by atoms with Gasteiger partial charge >= 0.3 is 0 Å². The van der Waals surface area contributed by atoms with Gasteiger partial charge in [0.2, 0.25) is 0 Å². The van der Waals surface area contributed by atoms with Gasteiger partial charge in [-0.2, -0.15) is 0 Å². The monoisotopic (exact) mass is 283 g/mol. The Morgan fingerprint density at radius 3 is 2.57 bits per heavy atom. The first-order valence-electron chi connectivity index (χ1n) is 8.03. The maximum Gasteiger partial charge on any atom is 0.0951 e. The molecule has 1 aromatic carbocycles. The minimum Gasteiger partial charge on any atom is -0.330 e. The number of hydrogen-bond donors (Lipinski definition) is 1. The Morgan fingerprint density at radius 2 is 1.90 bits per heavy atom. The van der Waals surface area contributed by atoms with E-state index in [0.29, 0.717) is 11.8 Å². The second kappa shape index (κ2) is 6.44. The zero-order chi connectivity index (χ0) is 14.7. The summed E-state index contributed by atoms with van der Waals surface area (Å²) >= 11 is 0. The maximum atomic E-state index is 4.38. The van der Waals surface area contributed by atoms with Crippen LogP contribution in [0.25, 0.3) is 0 Å². The highest BCUT2D eigenvalue weighted by Crippen LogP contribution is 2.25. The largest absolute Gasteiger partial charge is 0.330 e. The summed E-state index contributed by atoms with van der Waals surface area (Å²) in [5.41, 5.74) is 4.15. The van der Waals surface area contributed by atoms with E-state index >= 15 is 0 Å². The summed E-state index contributed by atoms with van der Waals surface area (Å²) < 4.78 is 2.32. The molecule has 3 nitrogen and oxygen atoms in total. The molecule has 0 saturated carbocycles. The first-order chi connectivity index (χ1) is 10.2. The van der Waals surface area contributed by atoms with Gasteiger partial charge in [-0.05, 0) is 43.0 Å². The Labute approximate surface area is 127 Å². The van der Waals surface area contributed by atoms with Gasteiger partial charge in [0.25, 0.3) is 0 Å². The quantitative estimate of drug-likeness (QED) is 0.930. The van der Waals surface area contributed by atoms with E-state index in [-0.39, 0.29) is 0 Å². The van der Waals surface area contributed by atoms with Crippen LogP contribution >= 0.6 is 0 Å². The standard InChI is InChI=1S/C18H25N3/c1-14(2)16-5-3-15(4-6-16)12-21-13-20-11-18(21)17-7-9-19-10-8-17/h3-6,11,13-14,17,19H,7-10,12H2,1-2H3. The fourth-order valence-corrected chi connectivity index (χ4v) is 3.13. The van der Waals surface area contributed by atoms with E-state index in [1.807, 2.05) is 6.33 Å². The van der Waals surface area contributed by atoms with Gasteiger partial charge in [-0.1, -0.05) is 38.1 Å². The molecule has 1 N–H and O–H groups in total. The van der Waals surface area contributed by atoms with Gasteiger partial charge in [-0.3, -0.25) is 0 Å². The third-order valence-electron chi connectivity index (χ3n) is 4.50. The van der Waals surface area contributed by atoms with E-state index in [4.69, 9.17) is 0 Å². The lowest BCUT2D eigenvalue weighted by Crippen LogP contribution is -2.27. The summed E-state index contributed by atoms with van der Waals surface area (Å²) in [6, 6.07) is 9.01. The van der Waals surface area contributed by atoms with Crippen molar-refractivity contribution in [2.75, 3.05) is 13.1 Å². The van der Waals surface area contributed by atoms with Gasteiger partial charge in [0.1, 0.15) is 0 Å². The van der Waals surface area contributed by atoms with Gasteiger partial charge in [0.05, 0.1) is 6.33 Å². The molecule has 2 aromatic rings. The third kappa shape index (κ3) is 3.35. The Hall–Kier alpha value is -1.61. The van der Waals surface area contributed by atoms with E-state index in [2.05, 4.69) is 59.2 Å². The molecule has 0 bridgehead atoms. The van der Waals surface area contributed by atoms with Crippen molar-refractivity contribution in [3.05, 3.63) is 53.6 Å². The van der Waals surface area contributed by atoms with Crippen molar-refractivity contribution in [1.82, 2.24) is 14.9 Å². The number of nitrogens with zero attached hydrogens (tertiary/aromatic N) is 2. The normalized spacial score (nSPS) is 16.5. The predicted molar refractivity (Wildman–Crippen MR) is 86.7 cm³/mol. The molecule has 0 spiro atoms. The maximum absolute atomic E-state index is 4.38. The molecule has 2 heterocycles. The fourth-order valence-electron chi connectivity index (χ4n) is 3.13. The summed E-state index contributed by atoms with van der Waals surface area (Å²) in [6.45, 7) is 7.65. The Kier molecular flexibility index (Phi) is 4.39.